The first-order valence-electron chi connectivity index (χ1n) is 6.43. The molecule has 0 aliphatic carbocycles. The summed E-state index contributed by atoms with van der Waals surface area (Å²) >= 11 is 0. The van der Waals surface area contributed by atoms with Crippen molar-refractivity contribution in [3.63, 3.8) is 0 Å². The third-order valence-corrected chi connectivity index (χ3v) is 2.90. The lowest BCUT2D eigenvalue weighted by Crippen LogP contribution is -2.35. The van der Waals surface area contributed by atoms with Gasteiger partial charge in [0.15, 0.2) is 0 Å². The monoisotopic (exact) mass is 297 g/mol. The topological polar surface area (TPSA) is 82.0 Å². The van der Waals surface area contributed by atoms with Gasteiger partial charge in [-0.15, -0.1) is 0 Å². The third-order valence-electron chi connectivity index (χ3n) is 2.90. The maximum atomic E-state index is 13.4. The average molecular weight is 297 g/mol. The maximum Gasteiger partial charge on any atom is 0.313 e. The highest BCUT2D eigenvalue weighted by Crippen LogP contribution is 2.13. The lowest BCUT2D eigenvalue weighted by Gasteiger charge is -2.08. The van der Waals surface area contributed by atoms with Crippen molar-refractivity contribution in [2.45, 2.75) is 6.54 Å². The summed E-state index contributed by atoms with van der Waals surface area (Å²) in [6, 6.07) is 14.2. The highest BCUT2D eigenvalue weighted by atomic mass is 19.1. The Morgan fingerprint density at radius 1 is 1.05 bits per heavy atom. The van der Waals surface area contributed by atoms with Crippen LogP contribution in [0.2, 0.25) is 0 Å². The van der Waals surface area contributed by atoms with Crippen LogP contribution in [-0.4, -0.2) is 11.8 Å². The first-order valence-corrected chi connectivity index (χ1v) is 6.43. The van der Waals surface area contributed by atoms with E-state index in [1.165, 1.54) is 30.3 Å². The maximum absolute atomic E-state index is 13.4. The molecule has 0 saturated carbocycles. The molecule has 0 aliphatic heterocycles. The Morgan fingerprint density at radius 3 is 2.45 bits per heavy atom. The second-order valence-electron chi connectivity index (χ2n) is 4.39. The van der Waals surface area contributed by atoms with E-state index in [-0.39, 0.29) is 23.4 Å². The zero-order valence-corrected chi connectivity index (χ0v) is 11.5. The van der Waals surface area contributed by atoms with Crippen molar-refractivity contribution in [1.29, 1.82) is 5.26 Å². The molecule has 2 aromatic carbocycles. The Morgan fingerprint density at radius 2 is 1.73 bits per heavy atom. The van der Waals surface area contributed by atoms with Crippen LogP contribution in [0.1, 0.15) is 11.1 Å². The summed E-state index contributed by atoms with van der Waals surface area (Å²) in [6.45, 7) is -0.0984. The molecule has 0 radical (unpaired) electrons. The van der Waals surface area contributed by atoms with Gasteiger partial charge in [-0.1, -0.05) is 30.3 Å². The molecule has 0 spiro atoms. The van der Waals surface area contributed by atoms with Crippen molar-refractivity contribution in [3.05, 3.63) is 65.5 Å². The van der Waals surface area contributed by atoms with Crippen LogP contribution in [0.5, 0.6) is 0 Å². The molecule has 0 atom stereocenters. The van der Waals surface area contributed by atoms with Crippen LogP contribution in [0.15, 0.2) is 48.5 Å². The summed E-state index contributed by atoms with van der Waals surface area (Å²) in [6.07, 6.45) is 0. The van der Waals surface area contributed by atoms with Gasteiger partial charge < -0.3 is 10.6 Å². The Labute approximate surface area is 126 Å². The Kier molecular flexibility index (Phi) is 4.83. The van der Waals surface area contributed by atoms with E-state index in [2.05, 4.69) is 10.6 Å². The van der Waals surface area contributed by atoms with Gasteiger partial charge in [-0.25, -0.2) is 4.39 Å². The molecular weight excluding hydrogens is 285 g/mol. The molecule has 2 rings (SSSR count). The van der Waals surface area contributed by atoms with E-state index >= 15 is 0 Å². The summed E-state index contributed by atoms with van der Waals surface area (Å²) in [5.74, 6) is -2.28. The molecule has 22 heavy (non-hydrogen) atoms. The molecule has 0 saturated heterocycles. The van der Waals surface area contributed by atoms with Crippen molar-refractivity contribution in [3.8, 4) is 6.07 Å². The molecule has 2 amide bonds. The Balaban J connectivity index is 1.97. The molecule has 0 heterocycles. The molecule has 0 unspecified atom stereocenters. The SMILES string of the molecule is N#Cc1ccccc1NC(=O)C(=O)NCc1ccccc1F. The fourth-order valence-electron chi connectivity index (χ4n) is 1.77. The number of anilines is 1. The van der Waals surface area contributed by atoms with Gasteiger partial charge in [-0.05, 0) is 18.2 Å². The van der Waals surface area contributed by atoms with E-state index < -0.39 is 17.6 Å². The number of para-hydroxylation sites is 1. The van der Waals surface area contributed by atoms with Crippen LogP contribution in [0, 0.1) is 17.1 Å². The lowest BCUT2D eigenvalue weighted by molar-refractivity contribution is -0.136. The number of amides is 2. The van der Waals surface area contributed by atoms with Crippen LogP contribution >= 0.6 is 0 Å². The fraction of sp³-hybridized carbons (Fsp3) is 0.0625. The van der Waals surface area contributed by atoms with Gasteiger partial charge in [-0.3, -0.25) is 9.59 Å². The van der Waals surface area contributed by atoms with Crippen molar-refractivity contribution in [2.24, 2.45) is 0 Å². The number of nitriles is 1. The van der Waals surface area contributed by atoms with Gasteiger partial charge in [-0.2, -0.15) is 5.26 Å². The minimum Gasteiger partial charge on any atom is -0.344 e. The minimum absolute atomic E-state index is 0.0984. The normalized spacial score (nSPS) is 9.64. The number of halogens is 1. The van der Waals surface area contributed by atoms with Gasteiger partial charge in [0.25, 0.3) is 0 Å². The van der Waals surface area contributed by atoms with Crippen molar-refractivity contribution in [1.82, 2.24) is 5.32 Å². The summed E-state index contributed by atoms with van der Waals surface area (Å²) in [5.41, 5.74) is 0.773. The van der Waals surface area contributed by atoms with E-state index in [0.717, 1.165) is 0 Å². The number of rotatable bonds is 3. The summed E-state index contributed by atoms with van der Waals surface area (Å²) in [4.78, 5) is 23.5. The number of nitrogens with zero attached hydrogens (tertiary/aromatic N) is 1. The van der Waals surface area contributed by atoms with Crippen LogP contribution in [0.25, 0.3) is 0 Å². The van der Waals surface area contributed by atoms with Crippen LogP contribution in [0.4, 0.5) is 10.1 Å². The number of nitrogens with one attached hydrogen (secondary N) is 2. The first-order chi connectivity index (χ1) is 10.6. The third kappa shape index (κ3) is 3.67. The zero-order chi connectivity index (χ0) is 15.9. The van der Waals surface area contributed by atoms with Gasteiger partial charge in [0.05, 0.1) is 11.3 Å². The highest BCUT2D eigenvalue weighted by Gasteiger charge is 2.15. The highest BCUT2D eigenvalue weighted by molar-refractivity contribution is 6.39. The number of benzene rings is 2. The van der Waals surface area contributed by atoms with E-state index in [1.807, 2.05) is 6.07 Å². The van der Waals surface area contributed by atoms with Gasteiger partial charge in [0.2, 0.25) is 0 Å². The average Bonchev–Trinajstić information content (AvgIpc) is 2.54. The van der Waals surface area contributed by atoms with Crippen molar-refractivity contribution in [2.75, 3.05) is 5.32 Å². The summed E-state index contributed by atoms with van der Waals surface area (Å²) < 4.78 is 13.4. The number of carbonyl (C=O) groups is 2. The molecule has 0 aliphatic rings. The Bertz CT molecular complexity index is 753. The second kappa shape index (κ2) is 6.99. The molecule has 0 fully saturated rings. The van der Waals surface area contributed by atoms with Crippen molar-refractivity contribution >= 4 is 17.5 Å². The summed E-state index contributed by atoms with van der Waals surface area (Å²) in [7, 11) is 0. The molecule has 2 N–H and O–H groups in total. The first kappa shape index (κ1) is 15.2. The van der Waals surface area contributed by atoms with Gasteiger partial charge >= 0.3 is 11.8 Å². The molecule has 110 valence electrons. The number of hydrogen-bond donors (Lipinski definition) is 2. The smallest absolute Gasteiger partial charge is 0.313 e. The van der Waals surface area contributed by atoms with E-state index in [9.17, 15) is 14.0 Å². The number of carbonyl (C=O) groups excluding carboxylic acids is 2. The van der Waals surface area contributed by atoms with Gasteiger partial charge in [0.1, 0.15) is 11.9 Å². The molecule has 5 nitrogen and oxygen atoms in total. The van der Waals surface area contributed by atoms with Crippen LogP contribution in [0.3, 0.4) is 0 Å². The fourth-order valence-corrected chi connectivity index (χ4v) is 1.77. The second-order valence-corrected chi connectivity index (χ2v) is 4.39. The molecule has 0 aromatic heterocycles. The quantitative estimate of drug-likeness (QED) is 0.850. The van der Waals surface area contributed by atoms with E-state index in [0.29, 0.717) is 0 Å². The number of hydrogen-bond acceptors (Lipinski definition) is 3. The van der Waals surface area contributed by atoms with E-state index in [4.69, 9.17) is 5.26 Å². The standard InChI is InChI=1S/C16H12FN3O2/c17-13-7-3-1-6-12(13)10-19-15(21)16(22)20-14-8-4-2-5-11(14)9-18/h1-8H,10H2,(H,19,21)(H,20,22). The molecular formula is C16H12FN3O2. The summed E-state index contributed by atoms with van der Waals surface area (Å²) in [5, 5.41) is 13.6. The predicted molar refractivity (Wildman–Crippen MR) is 78.0 cm³/mol. The predicted octanol–water partition coefficient (Wildman–Crippen LogP) is 1.95. The van der Waals surface area contributed by atoms with E-state index in [1.54, 1.807) is 18.2 Å². The molecule has 6 heteroatoms. The van der Waals surface area contributed by atoms with Crippen LogP contribution in [-0.2, 0) is 16.1 Å². The van der Waals surface area contributed by atoms with Gasteiger partial charge in [0, 0.05) is 12.1 Å². The zero-order valence-electron chi connectivity index (χ0n) is 11.5. The van der Waals surface area contributed by atoms with Crippen LogP contribution < -0.4 is 10.6 Å². The lowest BCUT2D eigenvalue weighted by atomic mass is 10.2. The molecule has 0 bridgehead atoms. The largest absolute Gasteiger partial charge is 0.344 e. The Hall–Kier alpha value is -3.20. The van der Waals surface area contributed by atoms with Crippen molar-refractivity contribution < 1.29 is 14.0 Å². The minimum atomic E-state index is -0.918. The molecule has 2 aromatic rings.